The van der Waals surface area contributed by atoms with Gasteiger partial charge >= 0.3 is 0 Å². The molecule has 0 N–H and O–H groups in total. The Kier molecular flexibility index (Phi) is 4.38. The maximum Gasteiger partial charge on any atom is 0.211 e. The molecule has 0 saturated carbocycles. The summed E-state index contributed by atoms with van der Waals surface area (Å²) in [4.78, 5) is 0. The van der Waals surface area contributed by atoms with Crippen LogP contribution in [-0.2, 0) is 10.0 Å². The number of sulfonamides is 1. The van der Waals surface area contributed by atoms with Crippen LogP contribution in [0.25, 0.3) is 0 Å². The highest BCUT2D eigenvalue weighted by Crippen LogP contribution is 2.26. The minimum absolute atomic E-state index is 0.0168. The highest BCUT2D eigenvalue weighted by atomic mass is 79.9. The van der Waals surface area contributed by atoms with Gasteiger partial charge in [0.2, 0.25) is 10.0 Å². The van der Waals surface area contributed by atoms with E-state index in [-0.39, 0.29) is 6.04 Å². The first kappa shape index (κ1) is 13.2. The molecule has 0 aliphatic carbocycles. The van der Waals surface area contributed by atoms with Crippen molar-refractivity contribution in [3.63, 3.8) is 0 Å². The summed E-state index contributed by atoms with van der Waals surface area (Å²) >= 11 is 3.45. The van der Waals surface area contributed by atoms with Crippen molar-refractivity contribution in [3.05, 3.63) is 10.6 Å². The van der Waals surface area contributed by atoms with E-state index in [1.54, 1.807) is 4.31 Å². The summed E-state index contributed by atoms with van der Waals surface area (Å²) in [6.45, 7) is 4.81. The smallest absolute Gasteiger partial charge is 0.211 e. The lowest BCUT2D eigenvalue weighted by atomic mass is 10.0. The molecule has 1 atom stereocenters. The van der Waals surface area contributed by atoms with Gasteiger partial charge in [-0.1, -0.05) is 35.9 Å². The molecule has 0 radical (unpaired) electrons. The van der Waals surface area contributed by atoms with Crippen molar-refractivity contribution in [1.29, 1.82) is 0 Å². The van der Waals surface area contributed by atoms with Crippen LogP contribution in [0.5, 0.6) is 0 Å². The van der Waals surface area contributed by atoms with Crippen LogP contribution >= 0.6 is 15.9 Å². The van der Waals surface area contributed by atoms with Gasteiger partial charge in [-0.2, -0.15) is 4.31 Å². The molecule has 1 heterocycles. The highest BCUT2D eigenvalue weighted by Gasteiger charge is 2.28. The zero-order valence-electron chi connectivity index (χ0n) is 9.40. The first-order valence-electron chi connectivity index (χ1n) is 5.13. The summed E-state index contributed by atoms with van der Waals surface area (Å²) in [6, 6.07) is 0.0168. The van der Waals surface area contributed by atoms with Crippen LogP contribution in [0, 0.1) is 5.92 Å². The summed E-state index contributed by atoms with van der Waals surface area (Å²) in [5.41, 5.74) is 0. The Morgan fingerprint density at radius 2 is 2.20 bits per heavy atom. The Morgan fingerprint density at radius 3 is 2.67 bits per heavy atom. The first-order valence-corrected chi connectivity index (χ1v) is 7.78. The van der Waals surface area contributed by atoms with E-state index in [0.29, 0.717) is 12.5 Å². The predicted molar refractivity (Wildman–Crippen MR) is 66.4 cm³/mol. The molecule has 0 aromatic carbocycles. The molecule has 0 aromatic heterocycles. The SMILES string of the molecule is CC(C)CC1C=C(Br)CCN1S(C)(=O)=O. The Balaban J connectivity index is 2.88. The van der Waals surface area contributed by atoms with Gasteiger partial charge in [0.15, 0.2) is 0 Å². The van der Waals surface area contributed by atoms with Crippen molar-refractivity contribution < 1.29 is 8.42 Å². The molecule has 1 rings (SSSR count). The number of rotatable bonds is 3. The standard InChI is InChI=1S/C10H18BrNO2S/c1-8(2)6-10-7-9(11)4-5-12(10)15(3,13)14/h7-8,10H,4-6H2,1-3H3. The molecular formula is C10H18BrNO2S. The van der Waals surface area contributed by atoms with E-state index in [9.17, 15) is 8.42 Å². The Morgan fingerprint density at radius 1 is 1.60 bits per heavy atom. The lowest BCUT2D eigenvalue weighted by Gasteiger charge is -2.32. The lowest BCUT2D eigenvalue weighted by molar-refractivity contribution is 0.316. The molecule has 5 heteroatoms. The van der Waals surface area contributed by atoms with E-state index in [4.69, 9.17) is 0 Å². The van der Waals surface area contributed by atoms with Gasteiger partial charge in [-0.05, 0) is 23.2 Å². The van der Waals surface area contributed by atoms with Gasteiger partial charge in [-0.15, -0.1) is 0 Å². The molecule has 0 amide bonds. The number of halogens is 1. The molecule has 15 heavy (non-hydrogen) atoms. The van der Waals surface area contributed by atoms with E-state index >= 15 is 0 Å². The normalized spacial score (nSPS) is 24.3. The lowest BCUT2D eigenvalue weighted by Crippen LogP contribution is -2.42. The van der Waals surface area contributed by atoms with Crippen molar-refractivity contribution in [1.82, 2.24) is 4.31 Å². The van der Waals surface area contributed by atoms with Gasteiger partial charge in [0.1, 0.15) is 0 Å². The highest BCUT2D eigenvalue weighted by molar-refractivity contribution is 9.11. The zero-order valence-corrected chi connectivity index (χ0v) is 11.8. The molecule has 0 fully saturated rings. The fourth-order valence-electron chi connectivity index (χ4n) is 1.84. The van der Waals surface area contributed by atoms with E-state index in [0.717, 1.165) is 17.3 Å². The monoisotopic (exact) mass is 295 g/mol. The van der Waals surface area contributed by atoms with Gasteiger partial charge < -0.3 is 0 Å². The second-order valence-corrected chi connectivity index (χ2v) is 7.39. The van der Waals surface area contributed by atoms with E-state index < -0.39 is 10.0 Å². The first-order chi connectivity index (χ1) is 6.80. The molecule has 0 spiro atoms. The Bertz CT molecular complexity index is 348. The molecular weight excluding hydrogens is 278 g/mol. The third kappa shape index (κ3) is 3.89. The van der Waals surface area contributed by atoms with Crippen molar-refractivity contribution in [2.24, 2.45) is 5.92 Å². The largest absolute Gasteiger partial charge is 0.212 e. The van der Waals surface area contributed by atoms with Gasteiger partial charge in [0.25, 0.3) is 0 Å². The molecule has 0 bridgehead atoms. The summed E-state index contributed by atoms with van der Waals surface area (Å²) in [5.74, 6) is 0.494. The molecule has 0 saturated heterocycles. The fourth-order valence-corrected chi connectivity index (χ4v) is 3.38. The Labute approximate surface area is 101 Å². The van der Waals surface area contributed by atoms with Gasteiger partial charge in [0.05, 0.1) is 6.26 Å². The maximum absolute atomic E-state index is 11.6. The number of hydrogen-bond acceptors (Lipinski definition) is 2. The van der Waals surface area contributed by atoms with Crippen LogP contribution in [0.4, 0.5) is 0 Å². The molecule has 0 aromatic rings. The average Bonchev–Trinajstić information content (AvgIpc) is 1.99. The maximum atomic E-state index is 11.6. The van der Waals surface area contributed by atoms with E-state index in [1.807, 2.05) is 6.08 Å². The topological polar surface area (TPSA) is 37.4 Å². The van der Waals surface area contributed by atoms with Crippen LogP contribution in [0.2, 0.25) is 0 Å². The summed E-state index contributed by atoms with van der Waals surface area (Å²) in [7, 11) is -3.08. The van der Waals surface area contributed by atoms with Gasteiger partial charge in [0, 0.05) is 12.6 Å². The molecule has 1 aliphatic rings. The van der Waals surface area contributed by atoms with Crippen LogP contribution in [0.1, 0.15) is 26.7 Å². The molecule has 1 aliphatic heterocycles. The van der Waals surface area contributed by atoms with Crippen LogP contribution in [0.15, 0.2) is 10.6 Å². The number of nitrogens with zero attached hydrogens (tertiary/aromatic N) is 1. The quantitative estimate of drug-likeness (QED) is 0.801. The summed E-state index contributed by atoms with van der Waals surface area (Å²) < 4.78 is 25.8. The fraction of sp³-hybridized carbons (Fsp3) is 0.800. The third-order valence-corrected chi connectivity index (χ3v) is 4.42. The van der Waals surface area contributed by atoms with E-state index in [2.05, 4.69) is 29.8 Å². The van der Waals surface area contributed by atoms with Crippen molar-refractivity contribution >= 4 is 26.0 Å². The minimum Gasteiger partial charge on any atom is -0.212 e. The van der Waals surface area contributed by atoms with Crippen LogP contribution in [-0.4, -0.2) is 31.6 Å². The predicted octanol–water partition coefficient (Wildman–Crippen LogP) is 2.35. The van der Waals surface area contributed by atoms with Crippen molar-refractivity contribution in [2.75, 3.05) is 12.8 Å². The molecule has 88 valence electrons. The Hall–Kier alpha value is 0.130. The minimum atomic E-state index is -3.08. The summed E-state index contributed by atoms with van der Waals surface area (Å²) in [5, 5.41) is 0. The molecule has 3 nitrogen and oxygen atoms in total. The van der Waals surface area contributed by atoms with Crippen molar-refractivity contribution in [3.8, 4) is 0 Å². The van der Waals surface area contributed by atoms with Gasteiger partial charge in [-0.3, -0.25) is 0 Å². The zero-order chi connectivity index (χ0) is 11.6. The van der Waals surface area contributed by atoms with Crippen LogP contribution < -0.4 is 0 Å². The van der Waals surface area contributed by atoms with E-state index in [1.165, 1.54) is 6.26 Å². The second kappa shape index (κ2) is 4.97. The average molecular weight is 296 g/mol. The number of hydrogen-bond donors (Lipinski definition) is 0. The summed E-state index contributed by atoms with van der Waals surface area (Å²) in [6.07, 6.45) is 4.96. The third-order valence-electron chi connectivity index (χ3n) is 2.45. The second-order valence-electron chi connectivity index (χ2n) is 4.43. The molecule has 1 unspecified atom stereocenters. The van der Waals surface area contributed by atoms with Crippen LogP contribution in [0.3, 0.4) is 0 Å². The van der Waals surface area contributed by atoms with Gasteiger partial charge in [-0.25, -0.2) is 8.42 Å². The van der Waals surface area contributed by atoms with Crippen molar-refractivity contribution in [2.45, 2.75) is 32.7 Å².